The van der Waals surface area contributed by atoms with Gasteiger partial charge in [-0.2, -0.15) is 0 Å². The van der Waals surface area contributed by atoms with Gasteiger partial charge in [-0.1, -0.05) is 47.7 Å². The minimum atomic E-state index is 0.0437. The molecule has 146 valence electrons. The molecule has 0 aliphatic carbocycles. The fraction of sp³-hybridized carbons (Fsp3) is 0.391. The SMILES string of the molecule is Cc1cc(C)c2nc(N3CCC(C(=O)N[C@H](C)c4ccccc4)CC3)sc2c1. The Morgan fingerprint density at radius 2 is 1.89 bits per heavy atom. The highest BCUT2D eigenvalue weighted by Crippen LogP contribution is 2.33. The van der Waals surface area contributed by atoms with Crippen molar-refractivity contribution in [2.75, 3.05) is 18.0 Å². The lowest BCUT2D eigenvalue weighted by Crippen LogP contribution is -2.41. The van der Waals surface area contributed by atoms with Crippen molar-refractivity contribution in [2.45, 2.75) is 39.7 Å². The predicted molar refractivity (Wildman–Crippen MR) is 117 cm³/mol. The predicted octanol–water partition coefficient (Wildman–Crippen LogP) is 5.01. The highest BCUT2D eigenvalue weighted by Gasteiger charge is 2.27. The first-order valence-electron chi connectivity index (χ1n) is 9.99. The molecule has 1 atom stereocenters. The fourth-order valence-electron chi connectivity index (χ4n) is 3.98. The number of anilines is 1. The van der Waals surface area contributed by atoms with Gasteiger partial charge in [-0.25, -0.2) is 4.98 Å². The van der Waals surface area contributed by atoms with Crippen LogP contribution in [0.3, 0.4) is 0 Å². The van der Waals surface area contributed by atoms with Crippen LogP contribution in [-0.2, 0) is 4.79 Å². The third-order valence-corrected chi connectivity index (χ3v) is 6.68. The van der Waals surface area contributed by atoms with Crippen LogP contribution >= 0.6 is 11.3 Å². The Kier molecular flexibility index (Phi) is 5.36. The van der Waals surface area contributed by atoms with E-state index in [9.17, 15) is 4.79 Å². The Morgan fingerprint density at radius 1 is 1.18 bits per heavy atom. The summed E-state index contributed by atoms with van der Waals surface area (Å²) in [6, 6.07) is 14.6. The van der Waals surface area contributed by atoms with E-state index in [1.165, 1.54) is 15.8 Å². The van der Waals surface area contributed by atoms with Crippen LogP contribution < -0.4 is 10.2 Å². The Morgan fingerprint density at radius 3 is 2.61 bits per heavy atom. The number of aryl methyl sites for hydroxylation is 2. The van der Waals surface area contributed by atoms with Crippen LogP contribution in [0, 0.1) is 19.8 Å². The van der Waals surface area contributed by atoms with Gasteiger partial charge in [0.25, 0.3) is 0 Å². The zero-order valence-electron chi connectivity index (χ0n) is 16.7. The molecule has 0 spiro atoms. The van der Waals surface area contributed by atoms with Crippen LogP contribution in [0.4, 0.5) is 5.13 Å². The van der Waals surface area contributed by atoms with Gasteiger partial charge in [0.1, 0.15) is 0 Å². The number of aromatic nitrogens is 1. The van der Waals surface area contributed by atoms with Gasteiger partial charge in [-0.05, 0) is 56.4 Å². The summed E-state index contributed by atoms with van der Waals surface area (Å²) in [4.78, 5) is 19.9. The van der Waals surface area contributed by atoms with Gasteiger partial charge in [0.2, 0.25) is 5.91 Å². The lowest BCUT2D eigenvalue weighted by Gasteiger charge is -2.31. The maximum absolute atomic E-state index is 12.7. The molecule has 0 saturated carbocycles. The molecular weight excluding hydrogens is 366 g/mol. The van der Waals surface area contributed by atoms with Gasteiger partial charge in [0.15, 0.2) is 5.13 Å². The lowest BCUT2D eigenvalue weighted by atomic mass is 9.95. The molecule has 2 heterocycles. The van der Waals surface area contributed by atoms with Crippen molar-refractivity contribution in [3.63, 3.8) is 0 Å². The number of nitrogens with zero attached hydrogens (tertiary/aromatic N) is 2. The summed E-state index contributed by atoms with van der Waals surface area (Å²) in [7, 11) is 0. The summed E-state index contributed by atoms with van der Waals surface area (Å²) in [6.45, 7) is 8.08. The van der Waals surface area contributed by atoms with Crippen molar-refractivity contribution in [3.05, 3.63) is 59.2 Å². The number of hydrogen-bond donors (Lipinski definition) is 1. The molecule has 0 unspecified atom stereocenters. The van der Waals surface area contributed by atoms with Gasteiger partial charge in [0, 0.05) is 19.0 Å². The lowest BCUT2D eigenvalue weighted by molar-refractivity contribution is -0.126. The second-order valence-corrected chi connectivity index (χ2v) is 8.84. The Balaban J connectivity index is 1.38. The quantitative estimate of drug-likeness (QED) is 0.678. The molecule has 1 aliphatic heterocycles. The van der Waals surface area contributed by atoms with E-state index in [4.69, 9.17) is 4.98 Å². The van der Waals surface area contributed by atoms with Crippen molar-refractivity contribution in [3.8, 4) is 0 Å². The molecule has 3 aromatic rings. The average Bonchev–Trinajstić information content (AvgIpc) is 3.13. The summed E-state index contributed by atoms with van der Waals surface area (Å²) in [5.41, 5.74) is 4.78. The number of carbonyl (C=O) groups is 1. The van der Waals surface area contributed by atoms with Crippen molar-refractivity contribution >= 4 is 32.6 Å². The van der Waals surface area contributed by atoms with Crippen LogP contribution in [0.15, 0.2) is 42.5 Å². The van der Waals surface area contributed by atoms with E-state index in [1.54, 1.807) is 11.3 Å². The number of nitrogens with one attached hydrogen (secondary N) is 1. The molecule has 0 bridgehead atoms. The third kappa shape index (κ3) is 3.90. The third-order valence-electron chi connectivity index (χ3n) is 5.61. The highest BCUT2D eigenvalue weighted by molar-refractivity contribution is 7.22. The maximum Gasteiger partial charge on any atom is 0.223 e. The molecule has 1 N–H and O–H groups in total. The van der Waals surface area contributed by atoms with Gasteiger partial charge < -0.3 is 10.2 Å². The monoisotopic (exact) mass is 393 g/mol. The largest absolute Gasteiger partial charge is 0.349 e. The molecule has 1 fully saturated rings. The molecular formula is C23H27N3OS. The molecule has 1 aliphatic rings. The van der Waals surface area contributed by atoms with Crippen molar-refractivity contribution < 1.29 is 4.79 Å². The normalized spacial score (nSPS) is 16.3. The molecule has 4 nitrogen and oxygen atoms in total. The first-order valence-corrected chi connectivity index (χ1v) is 10.8. The zero-order valence-corrected chi connectivity index (χ0v) is 17.6. The Labute approximate surface area is 170 Å². The van der Waals surface area contributed by atoms with E-state index in [2.05, 4.69) is 48.3 Å². The number of rotatable bonds is 4. The van der Waals surface area contributed by atoms with E-state index in [0.29, 0.717) is 0 Å². The van der Waals surface area contributed by atoms with Crippen LogP contribution in [0.1, 0.15) is 42.5 Å². The minimum absolute atomic E-state index is 0.0437. The average molecular weight is 394 g/mol. The molecule has 0 radical (unpaired) electrons. The number of thiazole rings is 1. The van der Waals surface area contributed by atoms with Gasteiger partial charge in [-0.3, -0.25) is 4.79 Å². The summed E-state index contributed by atoms with van der Waals surface area (Å²) in [5, 5.41) is 4.27. The first kappa shape index (κ1) is 18.9. The Bertz CT molecular complexity index is 974. The standard InChI is InChI=1S/C23H27N3OS/c1-15-13-16(2)21-20(14-15)28-23(25-21)26-11-9-19(10-12-26)22(27)24-17(3)18-7-5-4-6-8-18/h4-8,13-14,17,19H,9-12H2,1-3H3,(H,24,27)/t17-/m1/s1. The number of fused-ring (bicyclic) bond motifs is 1. The maximum atomic E-state index is 12.7. The van der Waals surface area contributed by atoms with Crippen molar-refractivity contribution in [1.29, 1.82) is 0 Å². The number of piperidine rings is 1. The van der Waals surface area contributed by atoms with Crippen LogP contribution in [0.25, 0.3) is 10.2 Å². The fourth-order valence-corrected chi connectivity index (χ4v) is 5.18. The number of hydrogen-bond acceptors (Lipinski definition) is 4. The smallest absolute Gasteiger partial charge is 0.223 e. The van der Waals surface area contributed by atoms with E-state index >= 15 is 0 Å². The van der Waals surface area contributed by atoms with Crippen molar-refractivity contribution in [2.24, 2.45) is 5.92 Å². The minimum Gasteiger partial charge on any atom is -0.349 e. The molecule has 2 aromatic carbocycles. The molecule has 1 saturated heterocycles. The van der Waals surface area contributed by atoms with Gasteiger partial charge in [-0.15, -0.1) is 0 Å². The van der Waals surface area contributed by atoms with E-state index in [1.807, 2.05) is 25.1 Å². The van der Waals surface area contributed by atoms with E-state index in [-0.39, 0.29) is 17.9 Å². The first-order chi connectivity index (χ1) is 13.5. The molecule has 1 aromatic heterocycles. The number of benzene rings is 2. The Hall–Kier alpha value is -2.40. The topological polar surface area (TPSA) is 45.2 Å². The second-order valence-electron chi connectivity index (χ2n) is 7.83. The van der Waals surface area contributed by atoms with Gasteiger partial charge in [0.05, 0.1) is 16.3 Å². The zero-order chi connectivity index (χ0) is 19.7. The molecule has 28 heavy (non-hydrogen) atoms. The van der Waals surface area contributed by atoms with Gasteiger partial charge >= 0.3 is 0 Å². The summed E-state index contributed by atoms with van der Waals surface area (Å²) >= 11 is 1.76. The number of carbonyl (C=O) groups excluding carboxylic acids is 1. The van der Waals surface area contributed by atoms with Crippen LogP contribution in [-0.4, -0.2) is 24.0 Å². The summed E-state index contributed by atoms with van der Waals surface area (Å²) in [5.74, 6) is 0.257. The highest BCUT2D eigenvalue weighted by atomic mass is 32.1. The molecule has 1 amide bonds. The molecule has 5 heteroatoms. The molecule has 4 rings (SSSR count). The number of amides is 1. The summed E-state index contributed by atoms with van der Waals surface area (Å²) < 4.78 is 1.25. The van der Waals surface area contributed by atoms with E-state index in [0.717, 1.165) is 42.1 Å². The van der Waals surface area contributed by atoms with Crippen molar-refractivity contribution in [1.82, 2.24) is 10.3 Å². The second kappa shape index (κ2) is 7.92. The van der Waals surface area contributed by atoms with E-state index < -0.39 is 0 Å². The van der Waals surface area contributed by atoms with Crippen LogP contribution in [0.2, 0.25) is 0 Å². The van der Waals surface area contributed by atoms with Crippen LogP contribution in [0.5, 0.6) is 0 Å². The summed E-state index contributed by atoms with van der Waals surface area (Å²) in [6.07, 6.45) is 1.75.